The first-order chi connectivity index (χ1) is 10.6. The monoisotopic (exact) mass is 382 g/mol. The number of nitrogens with one attached hydrogen (secondary N) is 1. The van der Waals surface area contributed by atoms with Gasteiger partial charge in [0, 0.05) is 18.0 Å². The van der Waals surface area contributed by atoms with Crippen LogP contribution >= 0.6 is 27.3 Å². The Balaban J connectivity index is 1.37. The Kier molecular flexibility index (Phi) is 3.97. The number of carbonyl (C=O) groups excluding carboxylic acids is 1. The van der Waals surface area contributed by atoms with Gasteiger partial charge in [-0.2, -0.15) is 0 Å². The number of halogens is 1. The van der Waals surface area contributed by atoms with Gasteiger partial charge in [-0.05, 0) is 83.8 Å². The van der Waals surface area contributed by atoms with Crippen LogP contribution in [0.1, 0.15) is 37.0 Å². The van der Waals surface area contributed by atoms with Crippen molar-refractivity contribution in [1.29, 1.82) is 0 Å². The fourth-order valence-electron chi connectivity index (χ4n) is 5.16. The van der Waals surface area contributed by atoms with Gasteiger partial charge in [0.2, 0.25) is 0 Å². The normalized spacial score (nSPS) is 35.6. The zero-order valence-electron chi connectivity index (χ0n) is 12.9. The first-order valence-corrected chi connectivity index (χ1v) is 9.95. The van der Waals surface area contributed by atoms with Crippen molar-refractivity contribution in [3.05, 3.63) is 20.8 Å². The summed E-state index contributed by atoms with van der Waals surface area (Å²) in [6.45, 7) is 0.690. The van der Waals surface area contributed by atoms with E-state index in [0.29, 0.717) is 12.6 Å². The Morgan fingerprint density at radius 1 is 1.23 bits per heavy atom. The van der Waals surface area contributed by atoms with Crippen LogP contribution in [0.5, 0.6) is 0 Å². The summed E-state index contributed by atoms with van der Waals surface area (Å²) in [7, 11) is 1.90. The first kappa shape index (κ1) is 15.0. The van der Waals surface area contributed by atoms with E-state index in [1.54, 1.807) is 11.3 Å². The average molecular weight is 383 g/mol. The lowest BCUT2D eigenvalue weighted by molar-refractivity contribution is -0.0108. The van der Waals surface area contributed by atoms with Crippen molar-refractivity contribution in [2.75, 3.05) is 7.05 Å². The van der Waals surface area contributed by atoms with Gasteiger partial charge in [0.15, 0.2) is 0 Å². The van der Waals surface area contributed by atoms with E-state index < -0.39 is 0 Å². The van der Waals surface area contributed by atoms with Gasteiger partial charge in [-0.3, -0.25) is 0 Å². The van der Waals surface area contributed by atoms with E-state index in [9.17, 15) is 4.79 Å². The standard InChI is InChI=1S/C17H23BrN2OS/c1-20(9-14-2-3-15(18)22-14)17(21)19-16-12-5-10-4-11(7-12)8-13(16)6-10/h2-3,10-13,16H,4-9H2,1H3,(H,19,21). The largest absolute Gasteiger partial charge is 0.335 e. The number of rotatable bonds is 3. The summed E-state index contributed by atoms with van der Waals surface area (Å²) in [6.07, 6.45) is 6.85. The molecular formula is C17H23BrN2OS. The molecule has 4 fully saturated rings. The molecule has 0 atom stereocenters. The van der Waals surface area contributed by atoms with E-state index in [2.05, 4.69) is 27.3 Å². The van der Waals surface area contributed by atoms with Crippen LogP contribution in [0, 0.1) is 23.7 Å². The van der Waals surface area contributed by atoms with Gasteiger partial charge in [-0.1, -0.05) is 0 Å². The lowest BCUT2D eigenvalue weighted by Crippen LogP contribution is -2.57. The Labute approximate surface area is 144 Å². The van der Waals surface area contributed by atoms with Gasteiger partial charge in [-0.25, -0.2) is 4.79 Å². The van der Waals surface area contributed by atoms with E-state index in [-0.39, 0.29) is 6.03 Å². The molecule has 0 radical (unpaired) electrons. The van der Waals surface area contributed by atoms with Crippen LogP contribution in [0.2, 0.25) is 0 Å². The highest BCUT2D eigenvalue weighted by Gasteiger charge is 2.48. The molecule has 0 saturated heterocycles. The Morgan fingerprint density at radius 2 is 1.86 bits per heavy atom. The molecule has 5 heteroatoms. The van der Waals surface area contributed by atoms with Crippen molar-refractivity contribution < 1.29 is 4.79 Å². The second-order valence-corrected chi connectivity index (χ2v) is 10.0. The highest BCUT2D eigenvalue weighted by Crippen LogP contribution is 2.53. The molecule has 1 aromatic rings. The predicted octanol–water partition coefficient (Wildman–Crippen LogP) is 4.48. The lowest BCUT2D eigenvalue weighted by atomic mass is 9.54. The van der Waals surface area contributed by atoms with Crippen molar-refractivity contribution in [2.24, 2.45) is 23.7 Å². The third kappa shape index (κ3) is 2.82. The summed E-state index contributed by atoms with van der Waals surface area (Å²) in [6, 6.07) is 4.66. The minimum atomic E-state index is 0.0991. The van der Waals surface area contributed by atoms with Crippen LogP contribution < -0.4 is 5.32 Å². The highest BCUT2D eigenvalue weighted by molar-refractivity contribution is 9.11. The molecule has 0 unspecified atom stereocenters. The molecule has 0 spiro atoms. The zero-order valence-corrected chi connectivity index (χ0v) is 15.3. The molecule has 4 saturated carbocycles. The number of hydrogen-bond acceptors (Lipinski definition) is 2. The SMILES string of the molecule is CN(Cc1ccc(Br)s1)C(=O)NC1C2CC3CC(C2)CC1C3. The maximum atomic E-state index is 12.6. The Morgan fingerprint density at radius 3 is 2.41 bits per heavy atom. The van der Waals surface area contributed by atoms with Gasteiger partial charge < -0.3 is 10.2 Å². The van der Waals surface area contributed by atoms with Gasteiger partial charge in [0.1, 0.15) is 0 Å². The van der Waals surface area contributed by atoms with Crippen LogP contribution in [0.4, 0.5) is 4.79 Å². The highest BCUT2D eigenvalue weighted by atomic mass is 79.9. The number of urea groups is 1. The maximum Gasteiger partial charge on any atom is 0.317 e. The van der Waals surface area contributed by atoms with Gasteiger partial charge in [-0.15, -0.1) is 11.3 Å². The molecule has 2 amide bonds. The average Bonchev–Trinajstić information content (AvgIpc) is 2.87. The molecule has 0 aromatic carbocycles. The van der Waals surface area contributed by atoms with Crippen LogP contribution in [0.3, 0.4) is 0 Å². The number of nitrogens with zero attached hydrogens (tertiary/aromatic N) is 1. The summed E-state index contributed by atoms with van der Waals surface area (Å²) < 4.78 is 1.12. The number of thiophene rings is 1. The molecule has 120 valence electrons. The molecular weight excluding hydrogens is 360 g/mol. The van der Waals surface area contributed by atoms with Crippen LogP contribution in [-0.4, -0.2) is 24.0 Å². The van der Waals surface area contributed by atoms with E-state index in [1.165, 1.54) is 37.0 Å². The van der Waals surface area contributed by atoms with Gasteiger partial charge >= 0.3 is 6.03 Å². The van der Waals surface area contributed by atoms with Crippen molar-refractivity contribution in [3.8, 4) is 0 Å². The van der Waals surface area contributed by atoms with Gasteiger partial charge in [0.25, 0.3) is 0 Å². The van der Waals surface area contributed by atoms with E-state index in [4.69, 9.17) is 0 Å². The third-order valence-electron chi connectivity index (χ3n) is 5.89. The minimum absolute atomic E-state index is 0.0991. The van der Waals surface area contributed by atoms with Crippen molar-refractivity contribution >= 4 is 33.3 Å². The quantitative estimate of drug-likeness (QED) is 0.820. The molecule has 4 bridgehead atoms. The van der Waals surface area contributed by atoms with E-state index in [0.717, 1.165) is 27.5 Å². The number of hydrogen-bond donors (Lipinski definition) is 1. The summed E-state index contributed by atoms with van der Waals surface area (Å²) in [5.74, 6) is 3.39. The van der Waals surface area contributed by atoms with Crippen LogP contribution in [-0.2, 0) is 6.54 Å². The molecule has 5 rings (SSSR count). The van der Waals surface area contributed by atoms with E-state index in [1.807, 2.05) is 18.0 Å². The van der Waals surface area contributed by atoms with Crippen molar-refractivity contribution in [2.45, 2.75) is 44.7 Å². The fraction of sp³-hybridized carbons (Fsp3) is 0.706. The second kappa shape index (κ2) is 5.82. The van der Waals surface area contributed by atoms with Gasteiger partial charge in [0.05, 0.1) is 10.3 Å². The summed E-state index contributed by atoms with van der Waals surface area (Å²) >= 11 is 5.18. The topological polar surface area (TPSA) is 32.3 Å². The molecule has 4 aliphatic rings. The fourth-order valence-corrected chi connectivity index (χ4v) is 6.69. The minimum Gasteiger partial charge on any atom is -0.335 e. The third-order valence-corrected chi connectivity index (χ3v) is 7.49. The molecule has 1 aromatic heterocycles. The molecule has 22 heavy (non-hydrogen) atoms. The van der Waals surface area contributed by atoms with Crippen LogP contribution in [0.15, 0.2) is 15.9 Å². The first-order valence-electron chi connectivity index (χ1n) is 8.34. The molecule has 1 heterocycles. The molecule has 3 nitrogen and oxygen atoms in total. The molecule has 4 aliphatic carbocycles. The Bertz CT molecular complexity index is 545. The smallest absolute Gasteiger partial charge is 0.317 e. The summed E-state index contributed by atoms with van der Waals surface area (Å²) in [4.78, 5) is 15.6. The molecule has 1 N–H and O–H groups in total. The predicted molar refractivity (Wildman–Crippen MR) is 92.9 cm³/mol. The number of carbonyl (C=O) groups is 1. The molecule has 0 aliphatic heterocycles. The Hall–Kier alpha value is -0.550. The summed E-state index contributed by atoms with van der Waals surface area (Å²) in [5, 5.41) is 3.37. The van der Waals surface area contributed by atoms with Crippen LogP contribution in [0.25, 0.3) is 0 Å². The second-order valence-electron chi connectivity index (χ2n) is 7.47. The maximum absolute atomic E-state index is 12.6. The zero-order chi connectivity index (χ0) is 15.3. The number of amides is 2. The van der Waals surface area contributed by atoms with E-state index >= 15 is 0 Å². The van der Waals surface area contributed by atoms with Crippen molar-refractivity contribution in [1.82, 2.24) is 10.2 Å². The summed E-state index contributed by atoms with van der Waals surface area (Å²) in [5.41, 5.74) is 0. The van der Waals surface area contributed by atoms with Crippen molar-refractivity contribution in [3.63, 3.8) is 0 Å². The lowest BCUT2D eigenvalue weighted by Gasteiger charge is -2.54.